The zero-order valence-electron chi connectivity index (χ0n) is 4.41. The predicted molar refractivity (Wildman–Crippen MR) is 32.9 cm³/mol. The molecular weight excluding hydrogens is 92.1 g/mol. The highest BCUT2D eigenvalue weighted by Gasteiger charge is 1.69. The highest BCUT2D eigenvalue weighted by Crippen LogP contribution is 1.77. The second kappa shape index (κ2) is 8.93. The summed E-state index contributed by atoms with van der Waals surface area (Å²) >= 11 is 0. The largest absolute Gasteiger partial charge is 0.356 e. The van der Waals surface area contributed by atoms with E-state index in [1.165, 1.54) is 12.5 Å². The second-order valence-electron chi connectivity index (χ2n) is 1.14. The monoisotopic (exact) mass is 106 g/mol. The van der Waals surface area contributed by atoms with Crippen LogP contribution >= 0.6 is 0 Å². The minimum Gasteiger partial charge on any atom is -0.356 e. The summed E-state index contributed by atoms with van der Waals surface area (Å²) in [6.45, 7) is 2.17. The molecule has 40 valence electrons. The molecule has 0 aliphatic rings. The van der Waals surface area contributed by atoms with Crippen molar-refractivity contribution in [1.82, 2.24) is 6.15 Å². The Labute approximate surface area is 41.6 Å². The molecule has 2 nitrogen and oxygen atoms in total. The number of rotatable bonds is 2. The van der Waals surface area contributed by atoms with Gasteiger partial charge in [-0.05, 0) is 0 Å². The Morgan fingerprint density at radius 1 is 1.67 bits per heavy atom. The lowest BCUT2D eigenvalue weighted by molar-refractivity contribution is 1.07. The minimum absolute atomic E-state index is 0. The highest BCUT2D eigenvalue weighted by molar-refractivity contribution is 6.30. The van der Waals surface area contributed by atoms with Crippen LogP contribution < -0.4 is 11.5 Å². The van der Waals surface area contributed by atoms with Crippen molar-refractivity contribution < 1.29 is 0 Å². The van der Waals surface area contributed by atoms with Gasteiger partial charge in [-0.1, -0.05) is 19.4 Å². The summed E-state index contributed by atoms with van der Waals surface area (Å²) in [5.41, 5.74) is 0. The molecule has 6 heavy (non-hydrogen) atoms. The van der Waals surface area contributed by atoms with E-state index in [2.05, 4.69) is 6.92 Å². The average molecular weight is 106 g/mol. The fraction of sp³-hybridized carbons (Fsp3) is 1.00. The van der Waals surface area contributed by atoms with Crippen LogP contribution in [-0.4, -0.2) is 9.68 Å². The van der Waals surface area contributed by atoms with Crippen molar-refractivity contribution in [1.29, 1.82) is 0 Å². The molecule has 0 heterocycles. The standard InChI is InChI=1S/C3H11NSi.H3N/c1-2-3-5-4;/h2-5H2,1H3;1H3. The molecule has 0 unspecified atom stereocenters. The zero-order valence-corrected chi connectivity index (χ0v) is 5.82. The summed E-state index contributed by atoms with van der Waals surface area (Å²) in [6.07, 6.45) is 1.28. The maximum Gasteiger partial charge on any atom is 0.0887 e. The van der Waals surface area contributed by atoms with Crippen LogP contribution in [0.2, 0.25) is 6.04 Å². The average Bonchev–Trinajstić information content (AvgIpc) is 1.41. The van der Waals surface area contributed by atoms with Gasteiger partial charge < -0.3 is 11.5 Å². The molecule has 0 spiro atoms. The Balaban J connectivity index is 0. The van der Waals surface area contributed by atoms with Gasteiger partial charge in [-0.25, -0.2) is 0 Å². The molecule has 0 aliphatic heterocycles. The summed E-state index contributed by atoms with van der Waals surface area (Å²) in [7, 11) is -0.0860. The van der Waals surface area contributed by atoms with E-state index >= 15 is 0 Å². The van der Waals surface area contributed by atoms with Crippen LogP contribution in [0.1, 0.15) is 13.3 Å². The van der Waals surface area contributed by atoms with Gasteiger partial charge in [0.15, 0.2) is 0 Å². The number of hydrogen-bond donors (Lipinski definition) is 2. The van der Waals surface area contributed by atoms with E-state index in [4.69, 9.17) is 5.40 Å². The van der Waals surface area contributed by atoms with Crippen molar-refractivity contribution in [3.63, 3.8) is 0 Å². The molecule has 5 N–H and O–H groups in total. The van der Waals surface area contributed by atoms with Crippen molar-refractivity contribution in [3.8, 4) is 0 Å². The number of hydrogen-bond acceptors (Lipinski definition) is 2. The highest BCUT2D eigenvalue weighted by atomic mass is 28.2. The van der Waals surface area contributed by atoms with E-state index in [9.17, 15) is 0 Å². The molecule has 0 saturated heterocycles. The van der Waals surface area contributed by atoms with Gasteiger partial charge >= 0.3 is 0 Å². The summed E-state index contributed by atoms with van der Waals surface area (Å²) in [4.78, 5) is 0. The first kappa shape index (κ1) is 9.46. The molecule has 0 aromatic carbocycles. The lowest BCUT2D eigenvalue weighted by atomic mass is 10.6. The van der Waals surface area contributed by atoms with E-state index in [1.54, 1.807) is 0 Å². The Morgan fingerprint density at radius 3 is 2.17 bits per heavy atom. The first-order valence-corrected chi connectivity index (χ1v) is 3.93. The summed E-state index contributed by atoms with van der Waals surface area (Å²) < 4.78 is 0. The van der Waals surface area contributed by atoms with E-state index in [0.29, 0.717) is 0 Å². The SMILES string of the molecule is CCC[SiH2]N.N. The van der Waals surface area contributed by atoms with Gasteiger partial charge in [0, 0.05) is 0 Å². The molecule has 0 fully saturated rings. The third-order valence-electron chi connectivity index (χ3n) is 0.558. The van der Waals surface area contributed by atoms with Gasteiger partial charge in [-0.3, -0.25) is 0 Å². The Hall–Kier alpha value is 0.137. The maximum atomic E-state index is 5.28. The summed E-state index contributed by atoms with van der Waals surface area (Å²) in [6, 6.07) is 1.31. The van der Waals surface area contributed by atoms with Gasteiger partial charge in [0.25, 0.3) is 0 Å². The van der Waals surface area contributed by atoms with Crippen molar-refractivity contribution in [2.75, 3.05) is 0 Å². The first-order valence-electron chi connectivity index (χ1n) is 2.12. The molecule has 0 aromatic heterocycles. The molecule has 0 radical (unpaired) electrons. The molecule has 0 saturated carbocycles. The predicted octanol–water partition coefficient (Wildman–Crippen LogP) is 0.0192. The Bertz CT molecular complexity index is 16.3. The lowest BCUT2D eigenvalue weighted by Gasteiger charge is -1.78. The topological polar surface area (TPSA) is 61.0 Å². The minimum atomic E-state index is -0.0860. The molecule has 0 aliphatic carbocycles. The fourth-order valence-electron chi connectivity index (χ4n) is 0.204. The van der Waals surface area contributed by atoms with Crippen LogP contribution in [0.5, 0.6) is 0 Å². The smallest absolute Gasteiger partial charge is 0.0887 e. The van der Waals surface area contributed by atoms with Crippen molar-refractivity contribution in [2.45, 2.75) is 19.4 Å². The molecule has 0 rings (SSSR count). The zero-order chi connectivity index (χ0) is 4.12. The third-order valence-corrected chi connectivity index (χ3v) is 1.67. The van der Waals surface area contributed by atoms with Crippen LogP contribution in [0.15, 0.2) is 0 Å². The maximum absolute atomic E-state index is 5.28. The quantitative estimate of drug-likeness (QED) is 0.487. The van der Waals surface area contributed by atoms with Crippen LogP contribution in [0.3, 0.4) is 0 Å². The van der Waals surface area contributed by atoms with Crippen molar-refractivity contribution in [2.24, 2.45) is 5.40 Å². The van der Waals surface area contributed by atoms with Gasteiger partial charge in [-0.2, -0.15) is 0 Å². The van der Waals surface area contributed by atoms with Crippen molar-refractivity contribution in [3.05, 3.63) is 0 Å². The fourth-order valence-corrected chi connectivity index (χ4v) is 0.612. The lowest BCUT2D eigenvalue weighted by Crippen LogP contribution is -2.01. The summed E-state index contributed by atoms with van der Waals surface area (Å²) in [5, 5.41) is 5.28. The summed E-state index contributed by atoms with van der Waals surface area (Å²) in [5.74, 6) is 0. The molecular formula is C3H14N2Si. The molecule has 0 bridgehead atoms. The molecule has 0 amide bonds. The second-order valence-corrected chi connectivity index (χ2v) is 2.43. The van der Waals surface area contributed by atoms with Gasteiger partial charge in [-0.15, -0.1) is 0 Å². The molecule has 0 aromatic rings. The number of nitrogens with two attached hydrogens (primary N) is 1. The normalized spacial score (nSPS) is 9.00. The van der Waals surface area contributed by atoms with Crippen LogP contribution in [-0.2, 0) is 0 Å². The molecule has 0 atom stereocenters. The van der Waals surface area contributed by atoms with Crippen LogP contribution in [0, 0.1) is 0 Å². The van der Waals surface area contributed by atoms with Gasteiger partial charge in [0.1, 0.15) is 0 Å². The van der Waals surface area contributed by atoms with Crippen LogP contribution in [0.25, 0.3) is 0 Å². The Kier molecular flexibility index (Phi) is 14.1. The molecule has 3 heteroatoms. The van der Waals surface area contributed by atoms with Gasteiger partial charge in [0.2, 0.25) is 0 Å². The van der Waals surface area contributed by atoms with E-state index in [0.717, 1.165) is 0 Å². The van der Waals surface area contributed by atoms with Gasteiger partial charge in [0.05, 0.1) is 9.68 Å². The van der Waals surface area contributed by atoms with E-state index in [-0.39, 0.29) is 15.8 Å². The van der Waals surface area contributed by atoms with Crippen molar-refractivity contribution >= 4 is 9.68 Å². The van der Waals surface area contributed by atoms with E-state index < -0.39 is 0 Å². The first-order chi connectivity index (χ1) is 2.41. The van der Waals surface area contributed by atoms with Crippen LogP contribution in [0.4, 0.5) is 0 Å². The van der Waals surface area contributed by atoms with E-state index in [1.807, 2.05) is 0 Å². The Morgan fingerprint density at radius 2 is 2.17 bits per heavy atom. The third kappa shape index (κ3) is 8.91.